The lowest BCUT2D eigenvalue weighted by Crippen LogP contribution is -2.58. The Morgan fingerprint density at radius 3 is 2.68 bits per heavy atom. The van der Waals surface area contributed by atoms with Crippen molar-refractivity contribution in [3.63, 3.8) is 0 Å². The number of fused-ring (bicyclic) bond motifs is 1. The summed E-state index contributed by atoms with van der Waals surface area (Å²) in [6, 6.07) is 0. The van der Waals surface area contributed by atoms with E-state index < -0.39 is 12.8 Å². The van der Waals surface area contributed by atoms with Crippen LogP contribution in [-0.4, -0.2) is 33.1 Å². The third kappa shape index (κ3) is 3.88. The summed E-state index contributed by atoms with van der Waals surface area (Å²) in [5, 5.41) is 10.5. The number of aliphatic hydroxyl groups is 1. The van der Waals surface area contributed by atoms with Crippen molar-refractivity contribution in [2.24, 2.45) is 11.8 Å². The summed E-state index contributed by atoms with van der Waals surface area (Å²) in [4.78, 5) is 18.3. The average Bonchev–Trinajstić information content (AvgIpc) is 2.37. The van der Waals surface area contributed by atoms with Gasteiger partial charge < -0.3 is 19.4 Å². The van der Waals surface area contributed by atoms with Crippen LogP contribution in [0.25, 0.3) is 0 Å². The number of aliphatic hydroxyl groups excluding tert-OH is 1. The maximum atomic E-state index is 10.5. The van der Waals surface area contributed by atoms with E-state index in [0.29, 0.717) is 0 Å². The maximum Gasteiger partial charge on any atom is 0.321 e. The fraction of sp³-hybridized carbons (Fsp3) is 1.00. The summed E-state index contributed by atoms with van der Waals surface area (Å²) in [7, 11) is 0. The molecule has 2 fully saturated rings. The van der Waals surface area contributed by atoms with Crippen LogP contribution in [0.4, 0.5) is 0 Å². The summed E-state index contributed by atoms with van der Waals surface area (Å²) in [6.07, 6.45) is 5.82. The second-order valence-electron chi connectivity index (χ2n) is 5.68. The molecule has 0 radical (unpaired) electrons. The maximum absolute atomic E-state index is 10.5. The molecule has 5 nitrogen and oxygen atoms in total. The van der Waals surface area contributed by atoms with Crippen molar-refractivity contribution < 1.29 is 19.4 Å². The van der Waals surface area contributed by atoms with Crippen LogP contribution in [-0.2, 0) is 16.3 Å². The van der Waals surface area contributed by atoms with Gasteiger partial charge in [-0.3, -0.25) is 3.53 Å². The molecule has 0 bridgehead atoms. The van der Waals surface area contributed by atoms with Crippen LogP contribution in [0.15, 0.2) is 0 Å². The van der Waals surface area contributed by atoms with Crippen molar-refractivity contribution >= 4 is 41.4 Å². The fourth-order valence-electron chi connectivity index (χ4n) is 3.56. The minimum absolute atomic E-state index is 0.0351. The fourth-order valence-corrected chi connectivity index (χ4v) is 5.06. The molecule has 0 aromatic rings. The molecule has 0 amide bonds. The first-order chi connectivity index (χ1) is 8.88. The normalized spacial score (nSPS) is 39.9. The van der Waals surface area contributed by atoms with Gasteiger partial charge in [0.2, 0.25) is 0 Å². The molecule has 19 heavy (non-hydrogen) atoms. The third-order valence-corrected chi connectivity index (χ3v) is 6.48. The SMILES string of the molecule is OC1C(COP(O)(O)=S)CCC2(NI)CCCCC12. The lowest BCUT2D eigenvalue weighted by atomic mass is 9.61. The summed E-state index contributed by atoms with van der Waals surface area (Å²) in [5.74, 6) is 0.165. The van der Waals surface area contributed by atoms with Crippen molar-refractivity contribution in [1.82, 2.24) is 3.53 Å². The van der Waals surface area contributed by atoms with Crippen LogP contribution in [0, 0.1) is 11.8 Å². The Bertz CT molecular complexity index is 369. The van der Waals surface area contributed by atoms with Crippen LogP contribution in [0.2, 0.25) is 0 Å². The summed E-state index contributed by atoms with van der Waals surface area (Å²) < 4.78 is 8.34. The highest BCUT2D eigenvalue weighted by molar-refractivity contribution is 14.1. The molecular formula is C11H21INO4PS. The van der Waals surface area contributed by atoms with E-state index in [2.05, 4.69) is 38.2 Å². The van der Waals surface area contributed by atoms with Gasteiger partial charge in [-0.05, 0) is 37.5 Å². The number of nitrogens with one attached hydrogen (secondary N) is 1. The van der Waals surface area contributed by atoms with Gasteiger partial charge in [0, 0.05) is 40.2 Å². The zero-order valence-corrected chi connectivity index (χ0v) is 14.5. The molecule has 4 atom stereocenters. The van der Waals surface area contributed by atoms with E-state index in [1.165, 1.54) is 6.42 Å². The van der Waals surface area contributed by atoms with Crippen molar-refractivity contribution in [3.05, 3.63) is 0 Å². The van der Waals surface area contributed by atoms with Crippen molar-refractivity contribution in [2.75, 3.05) is 6.61 Å². The smallest absolute Gasteiger partial charge is 0.321 e. The van der Waals surface area contributed by atoms with Gasteiger partial charge in [0.05, 0.1) is 12.7 Å². The Morgan fingerprint density at radius 1 is 1.32 bits per heavy atom. The molecule has 2 aliphatic rings. The molecule has 0 heterocycles. The Morgan fingerprint density at radius 2 is 2.05 bits per heavy atom. The molecule has 0 aliphatic heterocycles. The van der Waals surface area contributed by atoms with Crippen molar-refractivity contribution in [2.45, 2.75) is 50.2 Å². The van der Waals surface area contributed by atoms with E-state index >= 15 is 0 Å². The van der Waals surface area contributed by atoms with Crippen LogP contribution in [0.1, 0.15) is 38.5 Å². The van der Waals surface area contributed by atoms with Gasteiger partial charge in [-0.25, -0.2) is 0 Å². The van der Waals surface area contributed by atoms with Gasteiger partial charge in [0.15, 0.2) is 0 Å². The van der Waals surface area contributed by atoms with Gasteiger partial charge in [-0.2, -0.15) is 0 Å². The van der Waals surface area contributed by atoms with E-state index in [-0.39, 0.29) is 24.0 Å². The van der Waals surface area contributed by atoms with E-state index in [4.69, 9.17) is 14.3 Å². The molecule has 0 aromatic carbocycles. The lowest BCUT2D eigenvalue weighted by molar-refractivity contribution is -0.0614. The highest BCUT2D eigenvalue weighted by Crippen LogP contribution is 2.47. The molecule has 0 saturated heterocycles. The topological polar surface area (TPSA) is 82.0 Å². The number of hydrogen-bond donors (Lipinski definition) is 4. The molecule has 112 valence electrons. The monoisotopic (exact) mass is 421 g/mol. The van der Waals surface area contributed by atoms with Crippen molar-refractivity contribution in [3.8, 4) is 0 Å². The van der Waals surface area contributed by atoms with Gasteiger partial charge in [0.25, 0.3) is 0 Å². The van der Waals surface area contributed by atoms with Crippen LogP contribution < -0.4 is 3.53 Å². The predicted octanol–water partition coefficient (Wildman–Crippen LogP) is 1.85. The first kappa shape index (κ1) is 16.5. The zero-order valence-electron chi connectivity index (χ0n) is 10.7. The summed E-state index contributed by atoms with van der Waals surface area (Å²) in [6.45, 7) is -3.48. The van der Waals surface area contributed by atoms with E-state index in [1.807, 2.05) is 0 Å². The molecular weight excluding hydrogens is 400 g/mol. The largest absolute Gasteiger partial charge is 0.392 e. The first-order valence-corrected chi connectivity index (χ1v) is 10.3. The quantitative estimate of drug-likeness (QED) is 0.315. The Balaban J connectivity index is 2.02. The Hall–Kier alpha value is 1.18. The van der Waals surface area contributed by atoms with Gasteiger partial charge in [-0.15, -0.1) is 0 Å². The van der Waals surface area contributed by atoms with Crippen LogP contribution in [0.5, 0.6) is 0 Å². The molecule has 8 heteroatoms. The minimum Gasteiger partial charge on any atom is -0.392 e. The predicted molar refractivity (Wildman–Crippen MR) is 85.3 cm³/mol. The van der Waals surface area contributed by atoms with E-state index in [0.717, 1.165) is 32.1 Å². The number of hydrogen-bond acceptors (Lipinski definition) is 4. The second-order valence-corrected chi connectivity index (χ2v) is 8.88. The molecule has 2 aliphatic carbocycles. The summed E-state index contributed by atoms with van der Waals surface area (Å²) in [5.41, 5.74) is 0.0351. The Labute approximate surface area is 132 Å². The standard InChI is InChI=1S/C11H21INO4PS/c12-13-11-5-2-1-3-9(11)10(14)8(4-6-11)7-17-18(15,16)19/h8-10,13-14H,1-7H2,(H2,15,16,19). The molecule has 2 rings (SSSR count). The van der Waals surface area contributed by atoms with E-state index in [1.54, 1.807) is 0 Å². The van der Waals surface area contributed by atoms with E-state index in [9.17, 15) is 5.11 Å². The first-order valence-electron chi connectivity index (χ1n) is 6.64. The second kappa shape index (κ2) is 6.52. The highest BCUT2D eigenvalue weighted by atomic mass is 127. The summed E-state index contributed by atoms with van der Waals surface area (Å²) >= 11 is 6.66. The Kier molecular flexibility index (Phi) is 5.68. The van der Waals surface area contributed by atoms with Crippen LogP contribution >= 0.6 is 29.6 Å². The number of rotatable bonds is 4. The third-order valence-electron chi connectivity index (χ3n) is 4.60. The van der Waals surface area contributed by atoms with Gasteiger partial charge in [-0.1, -0.05) is 12.8 Å². The zero-order chi connectivity index (χ0) is 14.1. The van der Waals surface area contributed by atoms with Crippen molar-refractivity contribution in [1.29, 1.82) is 0 Å². The molecule has 4 N–H and O–H groups in total. The molecule has 2 saturated carbocycles. The van der Waals surface area contributed by atoms with Gasteiger partial charge in [0.1, 0.15) is 0 Å². The highest BCUT2D eigenvalue weighted by Gasteiger charge is 2.49. The minimum atomic E-state index is -3.61. The van der Waals surface area contributed by atoms with Gasteiger partial charge >= 0.3 is 6.72 Å². The molecule has 0 spiro atoms. The molecule has 4 unspecified atom stereocenters. The molecule has 0 aromatic heterocycles. The average molecular weight is 421 g/mol. The van der Waals surface area contributed by atoms with Crippen LogP contribution in [0.3, 0.4) is 0 Å². The lowest BCUT2D eigenvalue weighted by Gasteiger charge is -2.51. The number of halogens is 1.